The lowest BCUT2D eigenvalue weighted by atomic mass is 10.1. The summed E-state index contributed by atoms with van der Waals surface area (Å²) in [5.74, 6) is 0.0736. The third-order valence-corrected chi connectivity index (χ3v) is 3.81. The van der Waals surface area contributed by atoms with Gasteiger partial charge in [0.25, 0.3) is 11.8 Å². The average molecular weight is 339 g/mol. The maximum Gasteiger partial charge on any atom is 0.253 e. The van der Waals surface area contributed by atoms with Crippen LogP contribution in [-0.4, -0.2) is 23.3 Å². The van der Waals surface area contributed by atoms with E-state index in [0.717, 1.165) is 17.5 Å². The average Bonchev–Trinajstić information content (AvgIpc) is 2.59. The van der Waals surface area contributed by atoms with Gasteiger partial charge >= 0.3 is 0 Å². The number of pyridine rings is 1. The van der Waals surface area contributed by atoms with Crippen LogP contribution in [0.4, 0.5) is 0 Å². The largest absolute Gasteiger partial charge is 0.352 e. The summed E-state index contributed by atoms with van der Waals surface area (Å²) >= 11 is 0. The van der Waals surface area contributed by atoms with Crippen molar-refractivity contribution in [2.24, 2.45) is 5.92 Å². The number of nitrogens with one attached hydrogen (secondary N) is 2. The van der Waals surface area contributed by atoms with Crippen LogP contribution in [0, 0.1) is 12.8 Å². The monoisotopic (exact) mass is 339 g/mol. The van der Waals surface area contributed by atoms with E-state index in [9.17, 15) is 9.59 Å². The smallest absolute Gasteiger partial charge is 0.253 e. The highest BCUT2D eigenvalue weighted by molar-refractivity contribution is 5.99. The molecule has 2 N–H and O–H groups in total. The minimum absolute atomic E-state index is 0.207. The number of carbonyl (C=O) groups is 2. The van der Waals surface area contributed by atoms with Crippen LogP contribution in [-0.2, 0) is 6.54 Å². The normalized spacial score (nSPS) is 10.6. The maximum absolute atomic E-state index is 12.3. The lowest BCUT2D eigenvalue weighted by molar-refractivity contribution is 0.0950. The van der Waals surface area contributed by atoms with Gasteiger partial charge in [0.1, 0.15) is 0 Å². The van der Waals surface area contributed by atoms with Gasteiger partial charge in [0.15, 0.2) is 0 Å². The summed E-state index contributed by atoms with van der Waals surface area (Å²) in [4.78, 5) is 28.5. The molecule has 0 aliphatic rings. The highest BCUT2D eigenvalue weighted by atomic mass is 16.2. The predicted molar refractivity (Wildman–Crippen MR) is 98.4 cm³/mol. The van der Waals surface area contributed by atoms with Crippen LogP contribution in [0.1, 0.15) is 52.1 Å². The van der Waals surface area contributed by atoms with E-state index in [4.69, 9.17) is 0 Å². The van der Waals surface area contributed by atoms with Gasteiger partial charge in [-0.25, -0.2) is 0 Å². The van der Waals surface area contributed by atoms with E-state index in [1.165, 1.54) is 12.4 Å². The van der Waals surface area contributed by atoms with E-state index in [2.05, 4.69) is 29.5 Å². The second kappa shape index (κ2) is 8.97. The highest BCUT2D eigenvalue weighted by Gasteiger charge is 2.11. The number of hydrogen-bond donors (Lipinski definition) is 2. The molecule has 1 heterocycles. The van der Waals surface area contributed by atoms with Crippen LogP contribution in [0.25, 0.3) is 0 Å². The molecule has 0 fully saturated rings. The number of amides is 2. The quantitative estimate of drug-likeness (QED) is 0.814. The molecule has 0 aliphatic carbocycles. The molecule has 2 rings (SSSR count). The van der Waals surface area contributed by atoms with Gasteiger partial charge in [-0.2, -0.15) is 0 Å². The molecule has 2 aromatic rings. The molecule has 5 heteroatoms. The molecule has 0 radical (unpaired) electrons. The fourth-order valence-corrected chi connectivity index (χ4v) is 2.37. The topological polar surface area (TPSA) is 71.1 Å². The minimum Gasteiger partial charge on any atom is -0.352 e. The number of aryl methyl sites for hydroxylation is 1. The van der Waals surface area contributed by atoms with Crippen LogP contribution in [0.2, 0.25) is 0 Å². The Balaban J connectivity index is 1.95. The number of carbonyl (C=O) groups excluding carboxylic acids is 2. The van der Waals surface area contributed by atoms with Crippen molar-refractivity contribution in [3.8, 4) is 0 Å². The van der Waals surface area contributed by atoms with Crippen molar-refractivity contribution in [3.63, 3.8) is 0 Å². The van der Waals surface area contributed by atoms with Gasteiger partial charge < -0.3 is 10.6 Å². The third-order valence-electron chi connectivity index (χ3n) is 3.81. The van der Waals surface area contributed by atoms with Crippen LogP contribution in [0.5, 0.6) is 0 Å². The molecule has 1 aromatic heterocycles. The Morgan fingerprint density at radius 2 is 1.72 bits per heavy atom. The van der Waals surface area contributed by atoms with E-state index in [1.807, 2.05) is 31.2 Å². The van der Waals surface area contributed by atoms with Crippen LogP contribution < -0.4 is 10.6 Å². The van der Waals surface area contributed by atoms with Crippen molar-refractivity contribution < 1.29 is 9.59 Å². The van der Waals surface area contributed by atoms with E-state index < -0.39 is 0 Å². The number of rotatable bonds is 7. The second-order valence-electron chi connectivity index (χ2n) is 6.57. The zero-order valence-corrected chi connectivity index (χ0v) is 15.0. The number of aromatic nitrogens is 1. The Labute approximate surface area is 148 Å². The molecule has 2 amide bonds. The molecule has 0 saturated carbocycles. The maximum atomic E-state index is 12.3. The molecule has 132 valence electrons. The van der Waals surface area contributed by atoms with Crippen molar-refractivity contribution in [3.05, 3.63) is 65.0 Å². The van der Waals surface area contributed by atoms with Crippen molar-refractivity contribution in [2.45, 2.75) is 33.7 Å². The number of nitrogens with zero attached hydrogens (tertiary/aromatic N) is 1. The molecular weight excluding hydrogens is 314 g/mol. The zero-order valence-electron chi connectivity index (χ0n) is 15.0. The summed E-state index contributed by atoms with van der Waals surface area (Å²) in [6.45, 7) is 7.27. The Kier molecular flexibility index (Phi) is 6.69. The second-order valence-corrected chi connectivity index (χ2v) is 6.57. The molecule has 0 aliphatic heterocycles. The fraction of sp³-hybridized carbons (Fsp3) is 0.350. The van der Waals surface area contributed by atoms with Crippen molar-refractivity contribution >= 4 is 11.8 Å². The van der Waals surface area contributed by atoms with Crippen molar-refractivity contribution in [1.82, 2.24) is 15.6 Å². The highest BCUT2D eigenvalue weighted by Crippen LogP contribution is 2.06. The molecule has 0 spiro atoms. The zero-order chi connectivity index (χ0) is 18.2. The van der Waals surface area contributed by atoms with Crippen LogP contribution >= 0.6 is 0 Å². The summed E-state index contributed by atoms with van der Waals surface area (Å²) in [5.41, 5.74) is 2.95. The van der Waals surface area contributed by atoms with Crippen molar-refractivity contribution in [1.29, 1.82) is 0 Å². The molecule has 25 heavy (non-hydrogen) atoms. The van der Waals surface area contributed by atoms with Crippen LogP contribution in [0.15, 0.2) is 42.7 Å². The lowest BCUT2D eigenvalue weighted by Gasteiger charge is -2.09. The minimum atomic E-state index is -0.245. The molecule has 0 unspecified atom stereocenters. The van der Waals surface area contributed by atoms with Gasteiger partial charge in [-0.15, -0.1) is 0 Å². The summed E-state index contributed by atoms with van der Waals surface area (Å²) in [5, 5.41) is 5.71. The first-order valence-electron chi connectivity index (χ1n) is 8.52. The Morgan fingerprint density at radius 1 is 1.04 bits per heavy atom. The first-order chi connectivity index (χ1) is 12.0. The molecule has 0 atom stereocenters. The Hall–Kier alpha value is -2.69. The van der Waals surface area contributed by atoms with Crippen LogP contribution in [0.3, 0.4) is 0 Å². The van der Waals surface area contributed by atoms with E-state index in [0.29, 0.717) is 30.1 Å². The van der Waals surface area contributed by atoms with Gasteiger partial charge in [-0.3, -0.25) is 14.6 Å². The predicted octanol–water partition coefficient (Wildman–Crippen LogP) is 3.10. The van der Waals surface area contributed by atoms with Gasteiger partial charge in [-0.1, -0.05) is 43.7 Å². The van der Waals surface area contributed by atoms with E-state index in [-0.39, 0.29) is 11.8 Å². The Bertz CT molecular complexity index is 741. The summed E-state index contributed by atoms with van der Waals surface area (Å²) in [6, 6.07) is 9.53. The summed E-state index contributed by atoms with van der Waals surface area (Å²) in [7, 11) is 0. The summed E-state index contributed by atoms with van der Waals surface area (Å²) < 4.78 is 0. The Morgan fingerprint density at radius 3 is 2.36 bits per heavy atom. The molecule has 0 bridgehead atoms. The molecule has 1 aromatic carbocycles. The van der Waals surface area contributed by atoms with Gasteiger partial charge in [0.2, 0.25) is 0 Å². The number of benzene rings is 1. The van der Waals surface area contributed by atoms with Crippen molar-refractivity contribution in [2.75, 3.05) is 6.54 Å². The van der Waals surface area contributed by atoms with Gasteiger partial charge in [0.05, 0.1) is 11.1 Å². The number of hydrogen-bond acceptors (Lipinski definition) is 3. The molecular formula is C20H25N3O2. The first kappa shape index (κ1) is 18.6. The van der Waals surface area contributed by atoms with Gasteiger partial charge in [0, 0.05) is 25.5 Å². The SMILES string of the molecule is Cc1cccc(CNC(=O)c2cncc(C(=O)NCCC(C)C)c2)c1. The van der Waals surface area contributed by atoms with E-state index >= 15 is 0 Å². The van der Waals surface area contributed by atoms with E-state index in [1.54, 1.807) is 6.07 Å². The first-order valence-corrected chi connectivity index (χ1v) is 8.52. The molecule has 0 saturated heterocycles. The third kappa shape index (κ3) is 6.03. The van der Waals surface area contributed by atoms with Gasteiger partial charge in [-0.05, 0) is 30.9 Å². The summed E-state index contributed by atoms with van der Waals surface area (Å²) in [6.07, 6.45) is 3.86. The lowest BCUT2D eigenvalue weighted by Crippen LogP contribution is -2.27. The molecule has 5 nitrogen and oxygen atoms in total. The fourth-order valence-electron chi connectivity index (χ4n) is 2.37. The standard InChI is InChI=1S/C20H25N3O2/c1-14(2)7-8-22-19(24)17-10-18(13-21-12-17)20(25)23-11-16-6-4-5-15(3)9-16/h4-6,9-10,12-14H,7-8,11H2,1-3H3,(H,22,24)(H,23,25).